The number of hydrogen-bond donors (Lipinski definition) is 2. The van der Waals surface area contributed by atoms with Crippen LogP contribution in [0, 0.1) is 0 Å². The van der Waals surface area contributed by atoms with E-state index in [0.29, 0.717) is 5.69 Å². The maximum absolute atomic E-state index is 13.4. The first kappa shape index (κ1) is 44.0. The number of Topliss-reactive ketones (excluding diaryl/α,β-unsaturated/α-hetero) is 1. The van der Waals surface area contributed by atoms with E-state index in [-0.39, 0.29) is 103 Å². The second kappa shape index (κ2) is 19.1. The number of carbonyl (C=O) groups excluding carboxylic acids is 2. The number of ketones is 1. The molecule has 51 heavy (non-hydrogen) atoms. The standard InChI is InChI=1S/C30H25N5O11S3.2Na/c1-4-18-6-8-20(9-7-18)33-35-28-25(47-46-45-39)15-19-14-23(49(42,43)44)16-24(26(19)29(28)37)31-30(38)27(17(3)36)34-32-21-10-12-22(13-11-21)48(40,41)5-2;;/h4-16,27,37,39H,1-2H2,3H3,(H,31,38)(H,42,43,44);;/q;2*+1/p-2. The summed E-state index contributed by atoms with van der Waals surface area (Å²) >= 11 is 0.280. The van der Waals surface area contributed by atoms with E-state index in [1.165, 1.54) is 30.3 Å². The molecule has 4 aromatic carbocycles. The summed E-state index contributed by atoms with van der Waals surface area (Å²) in [6, 6.07) is 12.5. The average Bonchev–Trinajstić information content (AvgIpc) is 3.06. The Hall–Kier alpha value is -3.15. The van der Waals surface area contributed by atoms with Crippen LogP contribution in [0.2, 0.25) is 0 Å². The number of nitrogens with zero attached hydrogens (tertiary/aromatic N) is 4. The van der Waals surface area contributed by atoms with Gasteiger partial charge in [-0.15, -0.1) is 5.11 Å². The smallest absolute Gasteiger partial charge is 0.744 e. The van der Waals surface area contributed by atoms with Crippen molar-refractivity contribution in [2.24, 2.45) is 20.5 Å². The summed E-state index contributed by atoms with van der Waals surface area (Å²) in [6.07, 6.45) is 1.60. The Bertz CT molecular complexity index is 2230. The number of rotatable bonds is 14. The fourth-order valence-corrected chi connectivity index (χ4v) is 5.87. The summed E-state index contributed by atoms with van der Waals surface area (Å²) in [7, 11) is -8.89. The van der Waals surface area contributed by atoms with Crippen LogP contribution in [0.5, 0.6) is 5.75 Å². The van der Waals surface area contributed by atoms with E-state index in [9.17, 15) is 41.3 Å². The Morgan fingerprint density at radius 3 is 2.08 bits per heavy atom. The third-order valence-corrected chi connectivity index (χ3v) is 9.32. The van der Waals surface area contributed by atoms with Crippen LogP contribution in [-0.4, -0.2) is 44.2 Å². The zero-order valence-corrected chi connectivity index (χ0v) is 33.5. The van der Waals surface area contributed by atoms with Crippen molar-refractivity contribution in [3.8, 4) is 5.75 Å². The number of phenols is 1. The van der Waals surface area contributed by atoms with Crippen molar-refractivity contribution in [2.75, 3.05) is 5.32 Å². The maximum Gasteiger partial charge on any atom is 1.00 e. The van der Waals surface area contributed by atoms with Gasteiger partial charge in [-0.25, -0.2) is 16.8 Å². The van der Waals surface area contributed by atoms with Crippen molar-refractivity contribution in [3.05, 3.63) is 90.9 Å². The van der Waals surface area contributed by atoms with E-state index in [1.807, 2.05) is 0 Å². The number of nitrogens with one attached hydrogen (secondary N) is 1. The Morgan fingerprint density at radius 2 is 1.53 bits per heavy atom. The normalized spacial score (nSPS) is 12.2. The second-order valence-electron chi connectivity index (χ2n) is 9.73. The van der Waals surface area contributed by atoms with E-state index in [0.717, 1.165) is 30.0 Å². The molecule has 4 aromatic rings. The summed E-state index contributed by atoms with van der Waals surface area (Å²) in [5, 5.41) is 43.7. The SMILES string of the molecule is C=Cc1ccc(N=Nc2c(SOO[O-])cc3cc(S(=O)(=O)[O-])cc(NC(=O)C(N=Nc4ccc(S(=O)(=O)C=C)cc4)C(C)=O)c3c2O)cc1.[Na+].[Na+]. The molecule has 1 amide bonds. The Kier molecular flexibility index (Phi) is 16.5. The number of amides is 1. The second-order valence-corrected chi connectivity index (χ2v) is 13.8. The molecule has 0 spiro atoms. The van der Waals surface area contributed by atoms with Gasteiger partial charge in [0, 0.05) is 10.8 Å². The quantitative estimate of drug-likeness (QED) is 0.0309. The molecule has 0 aliphatic rings. The number of aromatic hydroxyl groups is 1. The van der Waals surface area contributed by atoms with Gasteiger partial charge in [0.2, 0.25) is 6.04 Å². The van der Waals surface area contributed by atoms with Crippen LogP contribution >= 0.6 is 12.0 Å². The van der Waals surface area contributed by atoms with Gasteiger partial charge in [0.25, 0.3) is 5.91 Å². The Labute approximate surface area is 340 Å². The molecule has 0 heterocycles. The minimum absolute atomic E-state index is 0. The van der Waals surface area contributed by atoms with Crippen LogP contribution in [0.1, 0.15) is 12.5 Å². The van der Waals surface area contributed by atoms with Gasteiger partial charge in [0.05, 0.1) is 43.8 Å². The van der Waals surface area contributed by atoms with Gasteiger partial charge in [0.1, 0.15) is 15.8 Å². The van der Waals surface area contributed by atoms with Gasteiger partial charge in [-0.1, -0.05) is 31.4 Å². The van der Waals surface area contributed by atoms with Crippen molar-refractivity contribution < 1.29 is 110 Å². The fourth-order valence-electron chi connectivity index (χ4n) is 4.14. The molecule has 4 rings (SSSR count). The third-order valence-electron chi connectivity index (χ3n) is 6.52. The molecule has 0 bridgehead atoms. The van der Waals surface area contributed by atoms with E-state index in [1.54, 1.807) is 30.3 Å². The molecule has 0 radical (unpaired) electrons. The Morgan fingerprint density at radius 1 is 0.922 bits per heavy atom. The first-order chi connectivity index (χ1) is 23.2. The summed E-state index contributed by atoms with van der Waals surface area (Å²) in [6.45, 7) is 7.93. The number of phenolic OH excluding ortho intramolecular Hbond substituents is 1. The van der Waals surface area contributed by atoms with Crippen LogP contribution in [0.15, 0.2) is 120 Å². The molecular formula is C30H23N5Na2O11S3. The maximum atomic E-state index is 13.4. The topological polar surface area (TPSA) is 249 Å². The van der Waals surface area contributed by atoms with Crippen molar-refractivity contribution in [1.82, 2.24) is 0 Å². The number of azo groups is 2. The van der Waals surface area contributed by atoms with Gasteiger partial charge < -0.3 is 20.2 Å². The van der Waals surface area contributed by atoms with Gasteiger partial charge in [-0.3, -0.25) is 14.6 Å². The predicted octanol–water partition coefficient (Wildman–Crippen LogP) is -0.656. The average molecular weight is 772 g/mol. The number of anilines is 1. The fraction of sp³-hybridized carbons (Fsp3) is 0.0667. The molecule has 1 atom stereocenters. The molecule has 254 valence electrons. The van der Waals surface area contributed by atoms with Gasteiger partial charge in [0.15, 0.2) is 21.4 Å². The molecule has 0 aliphatic carbocycles. The first-order valence-corrected chi connectivity index (χ1v) is 17.1. The van der Waals surface area contributed by atoms with Crippen LogP contribution in [0.25, 0.3) is 16.8 Å². The van der Waals surface area contributed by atoms with Crippen LogP contribution < -0.4 is 69.7 Å². The minimum atomic E-state index is -5.16. The number of hydrogen-bond acceptors (Lipinski definition) is 16. The Balaban J connectivity index is 0.00000451. The van der Waals surface area contributed by atoms with Crippen molar-refractivity contribution in [1.29, 1.82) is 0 Å². The summed E-state index contributed by atoms with van der Waals surface area (Å²) < 4.78 is 64.4. The summed E-state index contributed by atoms with van der Waals surface area (Å²) in [4.78, 5) is 24.8. The summed E-state index contributed by atoms with van der Waals surface area (Å²) in [5.74, 6) is -2.66. The molecule has 2 N–H and O–H groups in total. The monoisotopic (exact) mass is 771 g/mol. The van der Waals surface area contributed by atoms with Gasteiger partial charge in [-0.2, -0.15) is 19.7 Å². The molecule has 1 unspecified atom stereocenters. The van der Waals surface area contributed by atoms with E-state index in [2.05, 4.69) is 48.3 Å². The van der Waals surface area contributed by atoms with Crippen molar-refractivity contribution >= 4 is 83.3 Å². The minimum Gasteiger partial charge on any atom is -0.744 e. The van der Waals surface area contributed by atoms with Crippen LogP contribution in [0.3, 0.4) is 0 Å². The van der Waals surface area contributed by atoms with Crippen molar-refractivity contribution in [2.45, 2.75) is 27.7 Å². The van der Waals surface area contributed by atoms with Crippen molar-refractivity contribution in [3.63, 3.8) is 0 Å². The van der Waals surface area contributed by atoms with E-state index >= 15 is 0 Å². The molecule has 0 aromatic heterocycles. The number of sulfone groups is 1. The molecular weight excluding hydrogens is 749 g/mol. The molecule has 0 saturated carbocycles. The first-order valence-electron chi connectivity index (χ1n) is 13.4. The zero-order valence-electron chi connectivity index (χ0n) is 27.0. The molecule has 0 saturated heterocycles. The predicted molar refractivity (Wildman–Crippen MR) is 174 cm³/mol. The van der Waals surface area contributed by atoms with Gasteiger partial charge in [-0.05, 0) is 72.5 Å². The van der Waals surface area contributed by atoms with Gasteiger partial charge >= 0.3 is 59.1 Å². The number of fused-ring (bicyclic) bond motifs is 1. The molecule has 0 fully saturated rings. The van der Waals surface area contributed by atoms with Crippen LogP contribution in [-0.2, 0) is 38.9 Å². The third kappa shape index (κ3) is 11.2. The van der Waals surface area contributed by atoms with E-state index in [4.69, 9.17) is 0 Å². The zero-order chi connectivity index (χ0) is 35.9. The largest absolute Gasteiger partial charge is 1.00 e. The molecule has 16 nitrogen and oxygen atoms in total. The summed E-state index contributed by atoms with van der Waals surface area (Å²) in [5.41, 5.74) is 0.428. The van der Waals surface area contributed by atoms with E-state index < -0.39 is 54.0 Å². The van der Waals surface area contributed by atoms with Crippen LogP contribution in [0.4, 0.5) is 22.7 Å². The molecule has 0 aliphatic heterocycles. The number of carbonyl (C=O) groups is 2. The molecule has 21 heteroatoms. The number of benzene rings is 4.